The zero-order chi connectivity index (χ0) is 41.6. The van der Waals surface area contributed by atoms with Crippen molar-refractivity contribution in [1.82, 2.24) is 4.90 Å². The number of ether oxygens (including phenoxy) is 7. The van der Waals surface area contributed by atoms with E-state index in [-0.39, 0.29) is 37.2 Å². The third-order valence-corrected chi connectivity index (χ3v) is 12.3. The summed E-state index contributed by atoms with van der Waals surface area (Å²) in [4.78, 5) is 43.4. The third-order valence-electron chi connectivity index (χ3n) is 12.3. The van der Waals surface area contributed by atoms with Crippen LogP contribution >= 0.6 is 0 Å². The summed E-state index contributed by atoms with van der Waals surface area (Å²) in [5.41, 5.74) is -2.96. The number of aliphatic hydroxyl groups is 3. The maximum absolute atomic E-state index is 14.3. The van der Waals surface area contributed by atoms with Crippen molar-refractivity contribution in [3.05, 3.63) is 12.7 Å². The fourth-order valence-electron chi connectivity index (χ4n) is 8.44. The van der Waals surface area contributed by atoms with Crippen LogP contribution in [0.1, 0.15) is 107 Å². The zero-order valence-corrected chi connectivity index (χ0v) is 35.3. The molecular weight excluding hydrogens is 714 g/mol. The van der Waals surface area contributed by atoms with Crippen LogP contribution in [0.15, 0.2) is 12.7 Å². The Morgan fingerprint density at radius 3 is 2.25 bits per heavy atom. The number of Topliss-reactive ketones (excluding diaryl/α,β-unsaturated/α-hetero) is 1. The minimum atomic E-state index is -1.95. The average Bonchev–Trinajstić information content (AvgIpc) is 3.13. The SMILES string of the molecule is C=CCCC(=O)O[C@@H]1[C@@H](C)C(=O)[C@H](C)CC[C@H](O[C@@H]2O[C@H](C)C[C@H](N(C)C)[C@H]2O)[C@@H](C)[C@H](O[C@H]2C[C@@](C)(OC)[C@@H](O)[C@H](C)O2)[C@@H](C)C(=O)O[C@@H](CC)[C@@]1(C)O. The van der Waals surface area contributed by atoms with Crippen LogP contribution in [-0.4, -0.2) is 138 Å². The fourth-order valence-corrected chi connectivity index (χ4v) is 8.44. The van der Waals surface area contributed by atoms with E-state index < -0.39 is 102 Å². The molecule has 55 heavy (non-hydrogen) atoms. The first kappa shape index (κ1) is 47.4. The molecule has 17 atom stereocenters. The van der Waals surface area contributed by atoms with Gasteiger partial charge in [-0.05, 0) is 80.8 Å². The van der Waals surface area contributed by atoms with Crippen LogP contribution in [-0.2, 0) is 47.5 Å². The number of allylic oxidation sites excluding steroid dienone is 1. The lowest BCUT2D eigenvalue weighted by atomic mass is 9.77. The summed E-state index contributed by atoms with van der Waals surface area (Å²) in [6.45, 7) is 19.2. The number of cyclic esters (lactones) is 1. The second-order valence-corrected chi connectivity index (χ2v) is 16.9. The highest BCUT2D eigenvalue weighted by Crippen LogP contribution is 2.39. The quantitative estimate of drug-likeness (QED) is 0.203. The van der Waals surface area contributed by atoms with E-state index in [1.165, 1.54) is 14.0 Å². The van der Waals surface area contributed by atoms with E-state index >= 15 is 0 Å². The number of ketones is 1. The predicted octanol–water partition coefficient (Wildman–Crippen LogP) is 3.94. The molecular formula is C41H71NO13. The average molecular weight is 786 g/mol. The highest BCUT2D eigenvalue weighted by atomic mass is 16.7. The Balaban J connectivity index is 2.13. The number of hydrogen-bond donors (Lipinski definition) is 3. The summed E-state index contributed by atoms with van der Waals surface area (Å²) in [7, 11) is 5.28. The lowest BCUT2D eigenvalue weighted by Gasteiger charge is -2.47. The van der Waals surface area contributed by atoms with Gasteiger partial charge in [-0.1, -0.05) is 33.8 Å². The van der Waals surface area contributed by atoms with Gasteiger partial charge in [0.15, 0.2) is 12.6 Å². The molecule has 3 heterocycles. The number of carbonyl (C=O) groups excluding carboxylic acids is 3. The van der Waals surface area contributed by atoms with E-state index in [2.05, 4.69) is 6.58 Å². The largest absolute Gasteiger partial charge is 0.459 e. The minimum Gasteiger partial charge on any atom is -0.459 e. The van der Waals surface area contributed by atoms with Crippen LogP contribution in [0.2, 0.25) is 0 Å². The molecule has 0 radical (unpaired) electrons. The number of aliphatic hydroxyl groups excluding tert-OH is 2. The maximum Gasteiger partial charge on any atom is 0.311 e. The summed E-state index contributed by atoms with van der Waals surface area (Å²) >= 11 is 0. The van der Waals surface area contributed by atoms with Crippen molar-refractivity contribution in [2.45, 2.75) is 186 Å². The van der Waals surface area contributed by atoms with Crippen LogP contribution in [0.3, 0.4) is 0 Å². The van der Waals surface area contributed by atoms with E-state index in [1.54, 1.807) is 47.6 Å². The molecule has 0 bridgehead atoms. The van der Waals surface area contributed by atoms with Gasteiger partial charge in [0, 0.05) is 37.8 Å². The van der Waals surface area contributed by atoms with Gasteiger partial charge in [0.2, 0.25) is 0 Å². The molecule has 0 unspecified atom stereocenters. The first-order valence-electron chi connectivity index (χ1n) is 20.1. The topological polar surface area (TPSA) is 180 Å². The van der Waals surface area contributed by atoms with Crippen LogP contribution in [0.4, 0.5) is 0 Å². The highest BCUT2D eigenvalue weighted by Gasteiger charge is 2.52. The molecule has 0 aromatic carbocycles. The van der Waals surface area contributed by atoms with Crippen LogP contribution in [0.25, 0.3) is 0 Å². The summed E-state index contributed by atoms with van der Waals surface area (Å²) < 4.78 is 43.4. The van der Waals surface area contributed by atoms with Gasteiger partial charge < -0.3 is 53.4 Å². The molecule has 0 amide bonds. The Morgan fingerprint density at radius 2 is 1.67 bits per heavy atom. The summed E-state index contributed by atoms with van der Waals surface area (Å²) in [5.74, 6) is -4.63. The van der Waals surface area contributed by atoms with Crippen molar-refractivity contribution in [1.29, 1.82) is 0 Å². The zero-order valence-electron chi connectivity index (χ0n) is 35.3. The molecule has 3 fully saturated rings. The van der Waals surface area contributed by atoms with Gasteiger partial charge in [-0.25, -0.2) is 0 Å². The van der Waals surface area contributed by atoms with Gasteiger partial charge in [0.25, 0.3) is 0 Å². The smallest absolute Gasteiger partial charge is 0.311 e. The number of rotatable bonds is 11. The molecule has 3 saturated heterocycles. The molecule has 318 valence electrons. The lowest BCUT2D eigenvalue weighted by Crippen LogP contribution is -2.59. The maximum atomic E-state index is 14.3. The molecule has 0 spiro atoms. The molecule has 3 aliphatic heterocycles. The summed E-state index contributed by atoms with van der Waals surface area (Å²) in [6, 6.07) is -0.245. The lowest BCUT2D eigenvalue weighted by molar-refractivity contribution is -0.306. The third kappa shape index (κ3) is 11.4. The highest BCUT2D eigenvalue weighted by molar-refractivity contribution is 5.84. The Hall–Kier alpha value is -2.01. The monoisotopic (exact) mass is 785 g/mol. The van der Waals surface area contributed by atoms with Gasteiger partial charge in [0.1, 0.15) is 35.8 Å². The molecule has 3 rings (SSSR count). The van der Waals surface area contributed by atoms with Crippen molar-refractivity contribution in [3.8, 4) is 0 Å². The number of likely N-dealkylation sites (N-methyl/N-ethyl adjacent to an activating group) is 1. The Morgan fingerprint density at radius 1 is 1.02 bits per heavy atom. The van der Waals surface area contributed by atoms with Gasteiger partial charge in [-0.2, -0.15) is 0 Å². The van der Waals surface area contributed by atoms with Crippen LogP contribution in [0, 0.1) is 23.7 Å². The standard InChI is InChI=1S/C41H71NO13/c1-14-16-17-31(43)54-37-25(6)33(44)22(3)18-19-29(52-39-34(45)28(42(11)12)20-23(4)50-39)24(5)35(26(7)38(47)53-30(15-2)41(37,10)48)55-32-21-40(9,49-13)36(46)27(8)51-32/h14,22-30,32,34-37,39,45-46,48H,1,15-21H2,2-13H3/t22-,23-,24-,25+,26-,27+,28+,29+,30+,32+,34-,35+,36+,37-,39+,40-,41-/m1/s1. The van der Waals surface area contributed by atoms with Gasteiger partial charge in [0.05, 0.1) is 41.9 Å². The van der Waals surface area contributed by atoms with E-state index in [0.29, 0.717) is 25.7 Å². The van der Waals surface area contributed by atoms with Crippen LogP contribution in [0.5, 0.6) is 0 Å². The van der Waals surface area contributed by atoms with Crippen molar-refractivity contribution < 1.29 is 62.9 Å². The normalized spacial score (nSPS) is 44.0. The first-order valence-corrected chi connectivity index (χ1v) is 20.1. The van der Waals surface area contributed by atoms with Gasteiger partial charge in [-0.3, -0.25) is 14.4 Å². The number of nitrogens with zero attached hydrogens (tertiary/aromatic N) is 1. The molecule has 14 heteroatoms. The van der Waals surface area contributed by atoms with Crippen molar-refractivity contribution >= 4 is 17.7 Å². The first-order chi connectivity index (χ1) is 25.6. The number of esters is 2. The van der Waals surface area contributed by atoms with E-state index in [0.717, 1.165) is 0 Å². The Bertz CT molecular complexity index is 1280. The van der Waals surface area contributed by atoms with Crippen molar-refractivity contribution in [2.75, 3.05) is 21.2 Å². The molecule has 0 aromatic rings. The second-order valence-electron chi connectivity index (χ2n) is 16.9. The Kier molecular flexibility index (Phi) is 17.3. The predicted molar refractivity (Wildman–Crippen MR) is 204 cm³/mol. The van der Waals surface area contributed by atoms with E-state index in [9.17, 15) is 29.7 Å². The molecule has 3 N–H and O–H groups in total. The van der Waals surface area contributed by atoms with Crippen molar-refractivity contribution in [2.24, 2.45) is 23.7 Å². The molecule has 14 nitrogen and oxygen atoms in total. The van der Waals surface area contributed by atoms with Gasteiger partial charge >= 0.3 is 11.9 Å². The van der Waals surface area contributed by atoms with E-state index in [1.807, 2.05) is 32.8 Å². The van der Waals surface area contributed by atoms with E-state index in [4.69, 9.17) is 33.2 Å². The molecule has 0 aliphatic carbocycles. The van der Waals surface area contributed by atoms with Crippen molar-refractivity contribution in [3.63, 3.8) is 0 Å². The number of methoxy groups -OCH3 is 1. The number of carbonyl (C=O) groups is 3. The molecule has 0 saturated carbocycles. The second kappa shape index (κ2) is 20.1. The molecule has 0 aromatic heterocycles. The molecule has 3 aliphatic rings. The summed E-state index contributed by atoms with van der Waals surface area (Å²) in [5, 5.41) is 34.5. The Labute approximate surface area is 328 Å². The number of hydrogen-bond acceptors (Lipinski definition) is 14. The fraction of sp³-hybridized carbons (Fsp3) is 0.878. The minimum absolute atomic E-state index is 0.000527. The van der Waals surface area contributed by atoms with Crippen LogP contribution < -0.4 is 0 Å². The van der Waals surface area contributed by atoms with Gasteiger partial charge in [-0.15, -0.1) is 6.58 Å². The summed E-state index contributed by atoms with van der Waals surface area (Å²) in [6.07, 6.45) is -5.50.